The van der Waals surface area contributed by atoms with Gasteiger partial charge in [0.2, 0.25) is 0 Å². The van der Waals surface area contributed by atoms with Crippen LogP contribution in [-0.2, 0) is 11.3 Å². The first-order valence-electron chi connectivity index (χ1n) is 6.76. The molecule has 0 aliphatic heterocycles. The summed E-state index contributed by atoms with van der Waals surface area (Å²) in [5, 5.41) is 0. The molecule has 0 N–H and O–H groups in total. The summed E-state index contributed by atoms with van der Waals surface area (Å²) in [6, 6.07) is 5.67. The Bertz CT molecular complexity index is 398. The molecule has 0 unspecified atom stereocenters. The van der Waals surface area contributed by atoms with Gasteiger partial charge in [-0.2, -0.15) is 0 Å². The summed E-state index contributed by atoms with van der Waals surface area (Å²) < 4.78 is 19.6. The Kier molecular flexibility index (Phi) is 5.37. The fraction of sp³-hybridized carbons (Fsp3) is 0.600. The van der Waals surface area contributed by atoms with E-state index in [0.29, 0.717) is 12.1 Å². The van der Waals surface area contributed by atoms with Crippen molar-refractivity contribution in [3.63, 3.8) is 0 Å². The summed E-state index contributed by atoms with van der Waals surface area (Å²) in [5.41, 5.74) is 1.02. The molecule has 1 aliphatic rings. The van der Waals surface area contributed by atoms with Crippen LogP contribution in [0.25, 0.3) is 0 Å². The molecule has 0 spiro atoms. The standard InChI is InChI=1S/C15H21BrFNO/c1-18(14-3-5-15(19-2)6-4-14)10-11-7-12(16)9-13(17)8-11/h7-9,14-15H,3-6,10H2,1-2H3. The van der Waals surface area contributed by atoms with E-state index in [1.54, 1.807) is 13.2 Å². The second-order valence-electron chi connectivity index (χ2n) is 5.36. The SMILES string of the molecule is COC1CCC(N(C)Cc2cc(F)cc(Br)c2)CC1. The lowest BCUT2D eigenvalue weighted by Crippen LogP contribution is -2.36. The highest BCUT2D eigenvalue weighted by Crippen LogP contribution is 2.25. The van der Waals surface area contributed by atoms with Crippen molar-refractivity contribution in [3.8, 4) is 0 Å². The molecule has 1 aromatic carbocycles. The van der Waals surface area contributed by atoms with Gasteiger partial charge in [-0.3, -0.25) is 4.90 Å². The van der Waals surface area contributed by atoms with Gasteiger partial charge < -0.3 is 4.74 Å². The van der Waals surface area contributed by atoms with E-state index in [-0.39, 0.29) is 5.82 Å². The molecule has 2 nitrogen and oxygen atoms in total. The van der Waals surface area contributed by atoms with E-state index in [9.17, 15) is 4.39 Å². The molecule has 0 aromatic heterocycles. The zero-order chi connectivity index (χ0) is 13.8. The number of hydrogen-bond acceptors (Lipinski definition) is 2. The molecule has 0 bridgehead atoms. The first kappa shape index (κ1) is 14.9. The van der Waals surface area contributed by atoms with Crippen LogP contribution in [0.15, 0.2) is 22.7 Å². The van der Waals surface area contributed by atoms with Crippen LogP contribution in [0.5, 0.6) is 0 Å². The third kappa shape index (κ3) is 4.26. The quantitative estimate of drug-likeness (QED) is 0.828. The molecule has 19 heavy (non-hydrogen) atoms. The minimum absolute atomic E-state index is 0.180. The number of hydrogen-bond donors (Lipinski definition) is 0. The average molecular weight is 330 g/mol. The van der Waals surface area contributed by atoms with Crippen molar-refractivity contribution in [2.24, 2.45) is 0 Å². The van der Waals surface area contributed by atoms with Gasteiger partial charge in [0.05, 0.1) is 6.10 Å². The lowest BCUT2D eigenvalue weighted by Gasteiger charge is -2.34. The van der Waals surface area contributed by atoms with Crippen molar-refractivity contribution in [3.05, 3.63) is 34.1 Å². The second kappa shape index (κ2) is 6.82. The maximum Gasteiger partial charge on any atom is 0.124 e. The molecule has 1 aromatic rings. The van der Waals surface area contributed by atoms with Crippen molar-refractivity contribution >= 4 is 15.9 Å². The molecule has 2 rings (SSSR count). The molecule has 0 amide bonds. The van der Waals surface area contributed by atoms with Gasteiger partial charge in [0.25, 0.3) is 0 Å². The molecular formula is C15H21BrFNO. The fourth-order valence-corrected chi connectivity index (χ4v) is 3.35. The number of nitrogens with zero attached hydrogens (tertiary/aromatic N) is 1. The van der Waals surface area contributed by atoms with Gasteiger partial charge in [-0.25, -0.2) is 4.39 Å². The van der Waals surface area contributed by atoms with Gasteiger partial charge in [0.1, 0.15) is 5.82 Å². The molecule has 1 aliphatic carbocycles. The molecule has 106 valence electrons. The highest BCUT2D eigenvalue weighted by molar-refractivity contribution is 9.10. The van der Waals surface area contributed by atoms with E-state index in [1.165, 1.54) is 6.07 Å². The Hall–Kier alpha value is -0.450. The van der Waals surface area contributed by atoms with Gasteiger partial charge in [0, 0.05) is 24.2 Å². The van der Waals surface area contributed by atoms with E-state index in [4.69, 9.17) is 4.74 Å². The Morgan fingerprint density at radius 1 is 1.26 bits per heavy atom. The maximum atomic E-state index is 13.4. The maximum absolute atomic E-state index is 13.4. The molecule has 0 atom stereocenters. The van der Waals surface area contributed by atoms with Crippen LogP contribution in [0.1, 0.15) is 31.2 Å². The third-order valence-corrected chi connectivity index (χ3v) is 4.41. The topological polar surface area (TPSA) is 12.5 Å². The Labute approximate surface area is 123 Å². The van der Waals surface area contributed by atoms with Crippen LogP contribution in [0.3, 0.4) is 0 Å². The Balaban J connectivity index is 1.92. The van der Waals surface area contributed by atoms with Gasteiger partial charge >= 0.3 is 0 Å². The Morgan fingerprint density at radius 2 is 1.95 bits per heavy atom. The molecule has 0 saturated heterocycles. The highest BCUT2D eigenvalue weighted by Gasteiger charge is 2.23. The summed E-state index contributed by atoms with van der Waals surface area (Å²) in [7, 11) is 3.91. The largest absolute Gasteiger partial charge is 0.381 e. The van der Waals surface area contributed by atoms with E-state index < -0.39 is 0 Å². The molecule has 1 fully saturated rings. The van der Waals surface area contributed by atoms with E-state index in [1.807, 2.05) is 6.07 Å². The zero-order valence-electron chi connectivity index (χ0n) is 11.5. The molecule has 0 radical (unpaired) electrons. The zero-order valence-corrected chi connectivity index (χ0v) is 13.1. The predicted octanol–water partition coefficient (Wildman–Crippen LogP) is 3.98. The normalized spacial score (nSPS) is 23.8. The highest BCUT2D eigenvalue weighted by atomic mass is 79.9. The molecule has 4 heteroatoms. The molecular weight excluding hydrogens is 309 g/mol. The van der Waals surface area contributed by atoms with Crippen LogP contribution < -0.4 is 0 Å². The summed E-state index contributed by atoms with van der Waals surface area (Å²) in [6.45, 7) is 0.790. The van der Waals surface area contributed by atoms with Crippen molar-refractivity contribution in [2.75, 3.05) is 14.2 Å². The van der Waals surface area contributed by atoms with E-state index in [2.05, 4.69) is 27.9 Å². The number of halogens is 2. The first-order valence-corrected chi connectivity index (χ1v) is 7.56. The average Bonchev–Trinajstić information content (AvgIpc) is 2.37. The van der Waals surface area contributed by atoms with Gasteiger partial charge in [-0.05, 0) is 56.5 Å². The second-order valence-corrected chi connectivity index (χ2v) is 6.27. The lowest BCUT2D eigenvalue weighted by atomic mass is 9.92. The summed E-state index contributed by atoms with van der Waals surface area (Å²) in [5.74, 6) is -0.180. The van der Waals surface area contributed by atoms with Crippen LogP contribution in [-0.4, -0.2) is 31.2 Å². The van der Waals surface area contributed by atoms with Crippen molar-refractivity contribution < 1.29 is 9.13 Å². The summed E-state index contributed by atoms with van der Waals surface area (Å²) in [6.07, 6.45) is 4.99. The van der Waals surface area contributed by atoms with Crippen molar-refractivity contribution in [1.82, 2.24) is 4.90 Å². The minimum Gasteiger partial charge on any atom is -0.381 e. The van der Waals surface area contributed by atoms with Crippen LogP contribution in [0.2, 0.25) is 0 Å². The van der Waals surface area contributed by atoms with E-state index >= 15 is 0 Å². The van der Waals surface area contributed by atoms with Crippen LogP contribution in [0.4, 0.5) is 4.39 Å². The van der Waals surface area contributed by atoms with Gasteiger partial charge in [-0.15, -0.1) is 0 Å². The third-order valence-electron chi connectivity index (χ3n) is 3.95. The van der Waals surface area contributed by atoms with Crippen LogP contribution in [0, 0.1) is 5.82 Å². The summed E-state index contributed by atoms with van der Waals surface area (Å²) in [4.78, 5) is 2.33. The smallest absolute Gasteiger partial charge is 0.124 e. The Morgan fingerprint density at radius 3 is 2.53 bits per heavy atom. The van der Waals surface area contributed by atoms with Crippen molar-refractivity contribution in [2.45, 2.75) is 44.4 Å². The number of methoxy groups -OCH3 is 1. The van der Waals surface area contributed by atoms with Crippen LogP contribution >= 0.6 is 15.9 Å². The summed E-state index contributed by atoms with van der Waals surface area (Å²) >= 11 is 3.34. The van der Waals surface area contributed by atoms with Crippen molar-refractivity contribution in [1.29, 1.82) is 0 Å². The monoisotopic (exact) mass is 329 g/mol. The molecule has 0 heterocycles. The van der Waals surface area contributed by atoms with Gasteiger partial charge in [0.15, 0.2) is 0 Å². The van der Waals surface area contributed by atoms with E-state index in [0.717, 1.165) is 42.3 Å². The number of benzene rings is 1. The minimum atomic E-state index is -0.180. The predicted molar refractivity (Wildman–Crippen MR) is 78.6 cm³/mol. The number of ether oxygens (including phenoxy) is 1. The number of rotatable bonds is 4. The van der Waals surface area contributed by atoms with Gasteiger partial charge in [-0.1, -0.05) is 15.9 Å². The first-order chi connectivity index (χ1) is 9.08. The molecule has 1 saturated carbocycles. The fourth-order valence-electron chi connectivity index (χ4n) is 2.84. The lowest BCUT2D eigenvalue weighted by molar-refractivity contribution is 0.0427.